The molecule has 0 atom stereocenters. The molecular weight excluding hydrogens is 266 g/mol. The minimum absolute atomic E-state index is 0.290. The molecule has 6 heteroatoms. The van der Waals surface area contributed by atoms with Crippen LogP contribution in [0.3, 0.4) is 0 Å². The van der Waals surface area contributed by atoms with Crippen molar-refractivity contribution in [3.8, 4) is 0 Å². The quantitative estimate of drug-likeness (QED) is 0.880. The highest BCUT2D eigenvalue weighted by Crippen LogP contribution is 2.15. The largest absolute Gasteiger partial charge is 0.367 e. The van der Waals surface area contributed by atoms with E-state index in [0.29, 0.717) is 12.5 Å². The van der Waals surface area contributed by atoms with Gasteiger partial charge in [0.1, 0.15) is 12.1 Å². The lowest BCUT2D eigenvalue weighted by Gasteiger charge is -2.32. The van der Waals surface area contributed by atoms with Crippen molar-refractivity contribution in [1.82, 2.24) is 20.2 Å². The van der Waals surface area contributed by atoms with E-state index in [1.54, 1.807) is 12.5 Å². The molecule has 21 heavy (non-hydrogen) atoms. The minimum Gasteiger partial charge on any atom is -0.367 e. The molecule has 6 nitrogen and oxygen atoms in total. The van der Waals surface area contributed by atoms with Gasteiger partial charge in [-0.15, -0.1) is 0 Å². The Labute approximate surface area is 127 Å². The molecule has 0 radical (unpaired) electrons. The molecule has 2 N–H and O–H groups in total. The van der Waals surface area contributed by atoms with E-state index in [1.807, 2.05) is 32.0 Å². The number of likely N-dealkylation sites (tertiary alicyclic amines) is 1. The van der Waals surface area contributed by atoms with Gasteiger partial charge in [0.05, 0.1) is 0 Å². The molecular formula is C15H27N5O. The van der Waals surface area contributed by atoms with Crippen molar-refractivity contribution in [2.24, 2.45) is 0 Å². The predicted molar refractivity (Wildman–Crippen MR) is 85.1 cm³/mol. The number of aromatic nitrogens is 2. The Morgan fingerprint density at radius 2 is 2.05 bits per heavy atom. The third-order valence-electron chi connectivity index (χ3n) is 3.25. The molecule has 0 bridgehead atoms. The number of anilines is 1. The number of rotatable bonds is 4. The van der Waals surface area contributed by atoms with Gasteiger partial charge >= 0.3 is 0 Å². The third kappa shape index (κ3) is 6.53. The molecule has 1 amide bonds. The van der Waals surface area contributed by atoms with Crippen molar-refractivity contribution in [2.45, 2.75) is 38.6 Å². The van der Waals surface area contributed by atoms with Crippen LogP contribution in [0.25, 0.3) is 0 Å². The van der Waals surface area contributed by atoms with Crippen LogP contribution in [0.5, 0.6) is 0 Å². The summed E-state index contributed by atoms with van der Waals surface area (Å²) in [6, 6.07) is 2.28. The number of piperidine rings is 1. The molecule has 0 spiro atoms. The topological polar surface area (TPSA) is 70.2 Å². The van der Waals surface area contributed by atoms with Gasteiger partial charge in [-0.1, -0.05) is 6.92 Å². The van der Waals surface area contributed by atoms with Crippen LogP contribution in [0.2, 0.25) is 0 Å². The Kier molecular flexibility index (Phi) is 8.35. The molecule has 2 heterocycles. The molecule has 1 aromatic heterocycles. The van der Waals surface area contributed by atoms with E-state index < -0.39 is 0 Å². The number of hydrogen-bond acceptors (Lipinski definition) is 5. The van der Waals surface area contributed by atoms with Gasteiger partial charge < -0.3 is 15.5 Å². The van der Waals surface area contributed by atoms with Gasteiger partial charge in [-0.05, 0) is 39.4 Å². The first-order chi connectivity index (χ1) is 10.2. The Morgan fingerprint density at radius 1 is 1.38 bits per heavy atom. The van der Waals surface area contributed by atoms with E-state index >= 15 is 0 Å². The lowest BCUT2D eigenvalue weighted by Crippen LogP contribution is -2.42. The van der Waals surface area contributed by atoms with E-state index in [4.69, 9.17) is 0 Å². The fourth-order valence-corrected chi connectivity index (χ4v) is 2.23. The number of hydrogen-bond donors (Lipinski definition) is 2. The Balaban J connectivity index is 0.000000677. The zero-order chi connectivity index (χ0) is 15.5. The van der Waals surface area contributed by atoms with Gasteiger partial charge in [0, 0.05) is 31.7 Å². The van der Waals surface area contributed by atoms with Crippen LogP contribution in [0.1, 0.15) is 32.6 Å². The third-order valence-corrected chi connectivity index (χ3v) is 3.25. The van der Waals surface area contributed by atoms with Crippen LogP contribution >= 0.6 is 0 Å². The number of nitrogens with one attached hydrogen (secondary N) is 2. The average Bonchev–Trinajstić information content (AvgIpc) is 2.50. The summed E-state index contributed by atoms with van der Waals surface area (Å²) in [5.74, 6) is 1.15. The second-order valence-electron chi connectivity index (χ2n) is 5.14. The van der Waals surface area contributed by atoms with Gasteiger partial charge in [-0.3, -0.25) is 4.79 Å². The van der Waals surface area contributed by atoms with Crippen LogP contribution in [0.4, 0.5) is 5.82 Å². The summed E-state index contributed by atoms with van der Waals surface area (Å²) in [5.41, 5.74) is 0. The van der Waals surface area contributed by atoms with Crippen LogP contribution < -0.4 is 10.6 Å². The van der Waals surface area contributed by atoms with E-state index in [-0.39, 0.29) is 5.91 Å². The molecule has 1 fully saturated rings. The second-order valence-corrected chi connectivity index (χ2v) is 5.14. The molecule has 0 aromatic carbocycles. The molecule has 1 aliphatic heterocycles. The van der Waals surface area contributed by atoms with Crippen molar-refractivity contribution in [3.05, 3.63) is 18.6 Å². The fraction of sp³-hybridized carbons (Fsp3) is 0.667. The molecule has 0 saturated carbocycles. The highest BCUT2D eigenvalue weighted by molar-refractivity contribution is 5.76. The lowest BCUT2D eigenvalue weighted by atomic mass is 10.0. The number of nitrogens with zero attached hydrogens (tertiary/aromatic N) is 3. The maximum absolute atomic E-state index is 11.7. The maximum atomic E-state index is 11.7. The van der Waals surface area contributed by atoms with Crippen molar-refractivity contribution in [3.63, 3.8) is 0 Å². The number of carbonyl (C=O) groups excluding carboxylic acids is 1. The molecule has 1 aromatic rings. The molecule has 2 rings (SSSR count). The summed E-state index contributed by atoms with van der Waals surface area (Å²) in [5, 5.41) is 6.13. The summed E-state index contributed by atoms with van der Waals surface area (Å²) >= 11 is 0. The van der Waals surface area contributed by atoms with Crippen molar-refractivity contribution >= 4 is 11.7 Å². The van der Waals surface area contributed by atoms with E-state index in [0.717, 1.165) is 38.2 Å². The van der Waals surface area contributed by atoms with Crippen LogP contribution in [-0.2, 0) is 4.79 Å². The number of amides is 1. The average molecular weight is 293 g/mol. The normalized spacial score (nSPS) is 15.1. The standard InChI is InChI=1S/C13H20N4O.C2H7N/c1-2-3-13(18)17-8-5-11(6-9-17)16-12-4-7-14-10-15-12;1-3-2/h4,7,10-11H,2-3,5-6,8-9H2,1H3,(H,14,15,16);3H,1-2H3. The maximum Gasteiger partial charge on any atom is 0.222 e. The van der Waals surface area contributed by atoms with E-state index in [2.05, 4.69) is 20.6 Å². The molecule has 118 valence electrons. The molecule has 0 aliphatic carbocycles. The van der Waals surface area contributed by atoms with Crippen LogP contribution in [-0.4, -0.2) is 54.0 Å². The van der Waals surface area contributed by atoms with Gasteiger partial charge in [0.2, 0.25) is 5.91 Å². The van der Waals surface area contributed by atoms with Gasteiger partial charge in [-0.25, -0.2) is 9.97 Å². The van der Waals surface area contributed by atoms with Gasteiger partial charge in [-0.2, -0.15) is 0 Å². The smallest absolute Gasteiger partial charge is 0.222 e. The van der Waals surface area contributed by atoms with Gasteiger partial charge in [0.15, 0.2) is 0 Å². The summed E-state index contributed by atoms with van der Waals surface area (Å²) in [6.07, 6.45) is 6.85. The Bertz CT molecular complexity index is 390. The summed E-state index contributed by atoms with van der Waals surface area (Å²) in [4.78, 5) is 21.8. The monoisotopic (exact) mass is 293 g/mol. The fourth-order valence-electron chi connectivity index (χ4n) is 2.23. The zero-order valence-corrected chi connectivity index (χ0v) is 13.3. The Morgan fingerprint density at radius 3 is 2.57 bits per heavy atom. The summed E-state index contributed by atoms with van der Waals surface area (Å²) < 4.78 is 0. The van der Waals surface area contributed by atoms with Gasteiger partial charge in [0.25, 0.3) is 0 Å². The Hall–Kier alpha value is -1.69. The highest BCUT2D eigenvalue weighted by atomic mass is 16.2. The first-order valence-corrected chi connectivity index (χ1v) is 7.60. The first-order valence-electron chi connectivity index (χ1n) is 7.60. The van der Waals surface area contributed by atoms with Crippen LogP contribution in [0.15, 0.2) is 18.6 Å². The van der Waals surface area contributed by atoms with E-state index in [1.165, 1.54) is 0 Å². The van der Waals surface area contributed by atoms with Crippen molar-refractivity contribution in [2.75, 3.05) is 32.5 Å². The molecule has 1 aliphatic rings. The SMILES string of the molecule is CCCC(=O)N1CCC(Nc2ccncn2)CC1.CNC. The summed E-state index contributed by atoms with van der Waals surface area (Å²) in [7, 11) is 3.75. The number of carbonyl (C=O) groups is 1. The second kappa shape index (κ2) is 10.1. The highest BCUT2D eigenvalue weighted by Gasteiger charge is 2.22. The predicted octanol–water partition coefficient (Wildman–Crippen LogP) is 1.52. The zero-order valence-electron chi connectivity index (χ0n) is 13.3. The minimum atomic E-state index is 0.290. The van der Waals surface area contributed by atoms with E-state index in [9.17, 15) is 4.79 Å². The molecule has 0 unspecified atom stereocenters. The lowest BCUT2D eigenvalue weighted by molar-refractivity contribution is -0.132. The van der Waals surface area contributed by atoms with Crippen LogP contribution in [0, 0.1) is 0 Å². The summed E-state index contributed by atoms with van der Waals surface area (Å²) in [6.45, 7) is 3.74. The van der Waals surface area contributed by atoms with Crippen molar-refractivity contribution < 1.29 is 4.79 Å². The molecule has 1 saturated heterocycles. The first kappa shape index (κ1) is 17.4. The van der Waals surface area contributed by atoms with Crippen molar-refractivity contribution in [1.29, 1.82) is 0 Å².